The summed E-state index contributed by atoms with van der Waals surface area (Å²) in [4.78, 5) is 4.45. The third-order valence-corrected chi connectivity index (χ3v) is 3.08. The fraction of sp³-hybridized carbons (Fsp3) is 0.750. The molecule has 1 N–H and O–H groups in total. The second kappa shape index (κ2) is 5.91. The Morgan fingerprint density at radius 2 is 2.00 bits per heavy atom. The van der Waals surface area contributed by atoms with Crippen molar-refractivity contribution in [2.75, 3.05) is 6.54 Å². The molecular formula is C12H23N3. The van der Waals surface area contributed by atoms with Crippen LogP contribution in [0.25, 0.3) is 0 Å². The first-order valence-electron chi connectivity index (χ1n) is 5.95. The highest BCUT2D eigenvalue weighted by molar-refractivity contribution is 5.00. The van der Waals surface area contributed by atoms with Gasteiger partial charge in [0.05, 0.1) is 6.04 Å². The molecule has 15 heavy (non-hydrogen) atoms. The number of nitrogens with one attached hydrogen (secondary N) is 1. The van der Waals surface area contributed by atoms with Gasteiger partial charge in [-0.2, -0.15) is 0 Å². The lowest BCUT2D eigenvalue weighted by Gasteiger charge is -2.25. The molecule has 0 saturated carbocycles. The van der Waals surface area contributed by atoms with Crippen molar-refractivity contribution in [1.29, 1.82) is 0 Å². The van der Waals surface area contributed by atoms with Crippen molar-refractivity contribution >= 4 is 0 Å². The molecule has 0 aliphatic rings. The minimum absolute atomic E-state index is 0.394. The first-order chi connectivity index (χ1) is 7.24. The highest BCUT2D eigenvalue weighted by Gasteiger charge is 2.22. The van der Waals surface area contributed by atoms with E-state index in [9.17, 15) is 0 Å². The lowest BCUT2D eigenvalue weighted by atomic mass is 9.93. The molecule has 0 bridgehead atoms. The average molecular weight is 209 g/mol. The van der Waals surface area contributed by atoms with Crippen LogP contribution in [-0.4, -0.2) is 16.1 Å². The number of hydrogen-bond donors (Lipinski definition) is 1. The molecule has 1 heterocycles. The zero-order chi connectivity index (χ0) is 11.3. The molecule has 3 heteroatoms. The van der Waals surface area contributed by atoms with E-state index in [1.54, 1.807) is 0 Å². The van der Waals surface area contributed by atoms with Gasteiger partial charge in [-0.05, 0) is 12.5 Å². The van der Waals surface area contributed by atoms with E-state index < -0.39 is 0 Å². The quantitative estimate of drug-likeness (QED) is 0.780. The molecule has 1 atom stereocenters. The number of rotatable bonds is 6. The first-order valence-corrected chi connectivity index (χ1v) is 5.95. The van der Waals surface area contributed by atoms with Gasteiger partial charge in [-0.1, -0.05) is 33.6 Å². The SMILES string of the molecule is CCNC(c1nccn1C)C(CC)CC. The predicted molar refractivity (Wildman–Crippen MR) is 63.7 cm³/mol. The van der Waals surface area contributed by atoms with Crippen LogP contribution in [0.4, 0.5) is 0 Å². The van der Waals surface area contributed by atoms with Crippen molar-refractivity contribution in [3.8, 4) is 0 Å². The van der Waals surface area contributed by atoms with Crippen LogP contribution < -0.4 is 5.32 Å². The maximum Gasteiger partial charge on any atom is 0.125 e. The fourth-order valence-corrected chi connectivity index (χ4v) is 2.13. The van der Waals surface area contributed by atoms with Crippen molar-refractivity contribution in [3.63, 3.8) is 0 Å². The van der Waals surface area contributed by atoms with E-state index >= 15 is 0 Å². The van der Waals surface area contributed by atoms with Crippen LogP contribution in [0.5, 0.6) is 0 Å². The molecular weight excluding hydrogens is 186 g/mol. The molecule has 0 aliphatic carbocycles. The Kier molecular flexibility index (Phi) is 4.82. The summed E-state index contributed by atoms with van der Waals surface area (Å²) in [6.07, 6.45) is 6.28. The van der Waals surface area contributed by atoms with Crippen LogP contribution >= 0.6 is 0 Å². The van der Waals surface area contributed by atoms with Gasteiger partial charge in [0, 0.05) is 19.4 Å². The molecule has 3 nitrogen and oxygen atoms in total. The maximum atomic E-state index is 4.45. The van der Waals surface area contributed by atoms with Crippen LogP contribution in [0.15, 0.2) is 12.4 Å². The van der Waals surface area contributed by atoms with E-state index in [4.69, 9.17) is 0 Å². The number of hydrogen-bond acceptors (Lipinski definition) is 2. The summed E-state index contributed by atoms with van der Waals surface area (Å²) in [6, 6.07) is 0.394. The summed E-state index contributed by atoms with van der Waals surface area (Å²) >= 11 is 0. The molecule has 0 amide bonds. The Morgan fingerprint density at radius 1 is 1.33 bits per heavy atom. The zero-order valence-electron chi connectivity index (χ0n) is 10.3. The van der Waals surface area contributed by atoms with Gasteiger partial charge in [-0.3, -0.25) is 0 Å². The molecule has 1 unspecified atom stereocenters. The molecule has 0 radical (unpaired) electrons. The Balaban J connectivity index is 2.86. The molecule has 0 saturated heterocycles. The van der Waals surface area contributed by atoms with Gasteiger partial charge >= 0.3 is 0 Å². The summed E-state index contributed by atoms with van der Waals surface area (Å²) in [5, 5.41) is 3.54. The summed E-state index contributed by atoms with van der Waals surface area (Å²) in [7, 11) is 2.06. The number of imidazole rings is 1. The third kappa shape index (κ3) is 2.81. The minimum Gasteiger partial charge on any atom is -0.337 e. The van der Waals surface area contributed by atoms with E-state index in [0.717, 1.165) is 12.4 Å². The Labute approximate surface area is 92.9 Å². The van der Waals surface area contributed by atoms with Crippen molar-refractivity contribution < 1.29 is 0 Å². The predicted octanol–water partition coefficient (Wildman–Crippen LogP) is 2.51. The fourth-order valence-electron chi connectivity index (χ4n) is 2.13. The molecule has 1 aromatic rings. The molecule has 1 aromatic heterocycles. The van der Waals surface area contributed by atoms with Crippen LogP contribution in [0, 0.1) is 5.92 Å². The smallest absolute Gasteiger partial charge is 0.125 e. The Bertz CT molecular complexity index is 276. The first kappa shape index (κ1) is 12.2. The molecule has 0 aromatic carbocycles. The van der Waals surface area contributed by atoms with E-state index in [1.165, 1.54) is 12.8 Å². The zero-order valence-corrected chi connectivity index (χ0v) is 10.3. The van der Waals surface area contributed by atoms with Crippen molar-refractivity contribution in [3.05, 3.63) is 18.2 Å². The minimum atomic E-state index is 0.394. The van der Waals surface area contributed by atoms with E-state index in [2.05, 4.69) is 42.7 Å². The highest BCUT2D eigenvalue weighted by Crippen LogP contribution is 2.25. The number of nitrogens with zero attached hydrogens (tertiary/aromatic N) is 2. The summed E-state index contributed by atoms with van der Waals surface area (Å²) < 4.78 is 2.12. The maximum absolute atomic E-state index is 4.45. The second-order valence-corrected chi connectivity index (χ2v) is 4.01. The normalized spacial score (nSPS) is 13.4. The monoisotopic (exact) mass is 209 g/mol. The van der Waals surface area contributed by atoms with Gasteiger partial charge in [-0.15, -0.1) is 0 Å². The lowest BCUT2D eigenvalue weighted by Crippen LogP contribution is -2.30. The van der Waals surface area contributed by atoms with Gasteiger partial charge in [-0.25, -0.2) is 4.98 Å². The number of aryl methyl sites for hydroxylation is 1. The van der Waals surface area contributed by atoms with Crippen LogP contribution in [0.2, 0.25) is 0 Å². The van der Waals surface area contributed by atoms with Gasteiger partial charge in [0.2, 0.25) is 0 Å². The van der Waals surface area contributed by atoms with Crippen LogP contribution in [0.1, 0.15) is 45.5 Å². The van der Waals surface area contributed by atoms with Gasteiger partial charge < -0.3 is 9.88 Å². The number of aromatic nitrogens is 2. The molecule has 86 valence electrons. The largest absolute Gasteiger partial charge is 0.337 e. The molecule has 0 aliphatic heterocycles. The van der Waals surface area contributed by atoms with Crippen molar-refractivity contribution in [2.45, 2.75) is 39.7 Å². The van der Waals surface area contributed by atoms with E-state index in [0.29, 0.717) is 12.0 Å². The average Bonchev–Trinajstić information content (AvgIpc) is 2.65. The third-order valence-electron chi connectivity index (χ3n) is 3.08. The topological polar surface area (TPSA) is 29.9 Å². The summed E-state index contributed by atoms with van der Waals surface area (Å²) in [5.41, 5.74) is 0. The lowest BCUT2D eigenvalue weighted by molar-refractivity contribution is 0.328. The van der Waals surface area contributed by atoms with Gasteiger partial charge in [0.15, 0.2) is 0 Å². The van der Waals surface area contributed by atoms with E-state index in [-0.39, 0.29) is 0 Å². The second-order valence-electron chi connectivity index (χ2n) is 4.01. The van der Waals surface area contributed by atoms with E-state index in [1.807, 2.05) is 12.4 Å². The Morgan fingerprint density at radius 3 is 2.40 bits per heavy atom. The summed E-state index contributed by atoms with van der Waals surface area (Å²) in [5.74, 6) is 1.83. The molecule has 0 spiro atoms. The molecule has 1 rings (SSSR count). The van der Waals surface area contributed by atoms with Gasteiger partial charge in [0.1, 0.15) is 5.82 Å². The van der Waals surface area contributed by atoms with Crippen LogP contribution in [-0.2, 0) is 7.05 Å². The Hall–Kier alpha value is -0.830. The molecule has 0 fully saturated rings. The standard InChI is InChI=1S/C12H23N3/c1-5-10(6-2)11(13-7-3)12-14-8-9-15(12)4/h8-11,13H,5-7H2,1-4H3. The van der Waals surface area contributed by atoms with Crippen LogP contribution in [0.3, 0.4) is 0 Å². The summed E-state index contributed by atoms with van der Waals surface area (Å²) in [6.45, 7) is 7.65. The highest BCUT2D eigenvalue weighted by atomic mass is 15.1. The van der Waals surface area contributed by atoms with Gasteiger partial charge in [0.25, 0.3) is 0 Å². The van der Waals surface area contributed by atoms with Crippen molar-refractivity contribution in [2.24, 2.45) is 13.0 Å². The van der Waals surface area contributed by atoms with Crippen molar-refractivity contribution in [1.82, 2.24) is 14.9 Å².